The summed E-state index contributed by atoms with van der Waals surface area (Å²) in [5.41, 5.74) is -0.122. The van der Waals surface area contributed by atoms with Gasteiger partial charge in [-0.1, -0.05) is 12.8 Å². The minimum absolute atomic E-state index is 0.00248. The maximum atomic E-state index is 12.7. The molecule has 0 bridgehead atoms. The number of carbonyl (C=O) groups excluding carboxylic acids is 1. The fourth-order valence-electron chi connectivity index (χ4n) is 3.32. The molecule has 2 N–H and O–H groups in total. The number of nitrogens with one attached hydrogen (secondary N) is 2. The lowest BCUT2D eigenvalue weighted by molar-refractivity contribution is -0.134. The molecular formula is C15H29N3O. The SMILES string of the molecule is CN(C)C(C)(C)CNC(=O)[C@@]12CCCC[C@H]1CNC2. The quantitative estimate of drug-likeness (QED) is 0.805. The van der Waals surface area contributed by atoms with Crippen LogP contribution >= 0.6 is 0 Å². The van der Waals surface area contributed by atoms with Crippen LogP contribution in [0.15, 0.2) is 0 Å². The zero-order valence-electron chi connectivity index (χ0n) is 12.9. The monoisotopic (exact) mass is 267 g/mol. The number of carbonyl (C=O) groups is 1. The standard InChI is InChI=1S/C15H29N3O/c1-14(2,18(3)4)10-17-13(19)15-8-6-5-7-12(15)9-16-11-15/h12,16H,5-11H2,1-4H3,(H,17,19)/t12-,15+/m0/s1. The molecule has 4 nitrogen and oxygen atoms in total. The van der Waals surface area contributed by atoms with Gasteiger partial charge < -0.3 is 15.5 Å². The molecule has 0 unspecified atom stereocenters. The normalized spacial score (nSPS) is 31.3. The van der Waals surface area contributed by atoms with Crippen molar-refractivity contribution >= 4 is 5.91 Å². The fourth-order valence-corrected chi connectivity index (χ4v) is 3.32. The average molecular weight is 267 g/mol. The molecule has 1 amide bonds. The first-order chi connectivity index (χ1) is 8.88. The van der Waals surface area contributed by atoms with Crippen molar-refractivity contribution in [2.24, 2.45) is 11.3 Å². The molecule has 1 aliphatic heterocycles. The maximum Gasteiger partial charge on any atom is 0.227 e. The lowest BCUT2D eigenvalue weighted by Crippen LogP contribution is -2.54. The molecule has 0 radical (unpaired) electrons. The fraction of sp³-hybridized carbons (Fsp3) is 0.933. The summed E-state index contributed by atoms with van der Waals surface area (Å²) in [6, 6.07) is 0. The highest BCUT2D eigenvalue weighted by molar-refractivity contribution is 5.84. The molecule has 1 aliphatic carbocycles. The molecule has 2 atom stereocenters. The number of likely N-dealkylation sites (N-methyl/N-ethyl adjacent to an activating group) is 1. The van der Waals surface area contributed by atoms with Crippen molar-refractivity contribution in [1.29, 1.82) is 0 Å². The van der Waals surface area contributed by atoms with Crippen molar-refractivity contribution < 1.29 is 4.79 Å². The second kappa shape index (κ2) is 5.41. The number of rotatable bonds is 4. The van der Waals surface area contributed by atoms with Crippen LogP contribution in [0.2, 0.25) is 0 Å². The summed E-state index contributed by atoms with van der Waals surface area (Å²) in [5.74, 6) is 0.820. The third kappa shape index (κ3) is 2.79. The maximum absolute atomic E-state index is 12.7. The van der Waals surface area contributed by atoms with Gasteiger partial charge in [-0.25, -0.2) is 0 Å². The Balaban J connectivity index is 1.99. The minimum Gasteiger partial charge on any atom is -0.354 e. The van der Waals surface area contributed by atoms with Crippen molar-refractivity contribution in [1.82, 2.24) is 15.5 Å². The first-order valence-electron chi connectivity index (χ1n) is 7.55. The predicted molar refractivity (Wildman–Crippen MR) is 78.0 cm³/mol. The van der Waals surface area contributed by atoms with Crippen LogP contribution < -0.4 is 10.6 Å². The van der Waals surface area contributed by atoms with E-state index in [2.05, 4.69) is 43.5 Å². The number of amides is 1. The van der Waals surface area contributed by atoms with Gasteiger partial charge in [0.15, 0.2) is 0 Å². The van der Waals surface area contributed by atoms with Gasteiger partial charge in [-0.3, -0.25) is 4.79 Å². The Hall–Kier alpha value is -0.610. The van der Waals surface area contributed by atoms with Crippen LogP contribution in [0.5, 0.6) is 0 Å². The van der Waals surface area contributed by atoms with E-state index in [1.165, 1.54) is 19.3 Å². The molecule has 0 spiro atoms. The van der Waals surface area contributed by atoms with E-state index in [9.17, 15) is 4.79 Å². The van der Waals surface area contributed by atoms with Crippen LogP contribution in [0.25, 0.3) is 0 Å². The lowest BCUT2D eigenvalue weighted by Gasteiger charge is -2.39. The molecule has 0 aromatic rings. The van der Waals surface area contributed by atoms with Crippen molar-refractivity contribution in [2.75, 3.05) is 33.7 Å². The topological polar surface area (TPSA) is 44.4 Å². The molecular weight excluding hydrogens is 238 g/mol. The van der Waals surface area contributed by atoms with Gasteiger partial charge in [0.05, 0.1) is 5.41 Å². The molecule has 1 saturated carbocycles. The zero-order chi connectivity index (χ0) is 14.1. The van der Waals surface area contributed by atoms with E-state index in [0.717, 1.165) is 19.5 Å². The van der Waals surface area contributed by atoms with Gasteiger partial charge in [-0.2, -0.15) is 0 Å². The average Bonchev–Trinajstić information content (AvgIpc) is 2.80. The summed E-state index contributed by atoms with van der Waals surface area (Å²) < 4.78 is 0. The van der Waals surface area contributed by atoms with Crippen LogP contribution in [-0.2, 0) is 4.79 Å². The van der Waals surface area contributed by atoms with E-state index in [4.69, 9.17) is 0 Å². The van der Waals surface area contributed by atoms with Gasteiger partial charge in [0.25, 0.3) is 0 Å². The minimum atomic E-state index is -0.124. The van der Waals surface area contributed by atoms with Gasteiger partial charge >= 0.3 is 0 Å². The van der Waals surface area contributed by atoms with E-state index < -0.39 is 0 Å². The molecule has 2 aliphatic rings. The highest BCUT2D eigenvalue weighted by atomic mass is 16.2. The predicted octanol–water partition coefficient (Wildman–Crippen LogP) is 1.22. The Morgan fingerprint density at radius 3 is 2.84 bits per heavy atom. The van der Waals surface area contributed by atoms with Crippen LogP contribution in [0.3, 0.4) is 0 Å². The molecule has 1 heterocycles. The van der Waals surface area contributed by atoms with Crippen molar-refractivity contribution in [3.63, 3.8) is 0 Å². The van der Waals surface area contributed by atoms with Crippen molar-refractivity contribution in [3.8, 4) is 0 Å². The summed E-state index contributed by atoms with van der Waals surface area (Å²) in [6.07, 6.45) is 4.74. The second-order valence-electron chi connectivity index (χ2n) is 7.12. The molecule has 2 rings (SSSR count). The van der Waals surface area contributed by atoms with E-state index in [1.54, 1.807) is 0 Å². The van der Waals surface area contributed by atoms with Crippen LogP contribution in [0.1, 0.15) is 39.5 Å². The Bertz CT molecular complexity index is 340. The highest BCUT2D eigenvalue weighted by Crippen LogP contribution is 2.43. The molecule has 19 heavy (non-hydrogen) atoms. The van der Waals surface area contributed by atoms with E-state index in [1.807, 2.05) is 0 Å². The second-order valence-corrected chi connectivity index (χ2v) is 7.12. The third-order valence-electron chi connectivity index (χ3n) is 5.38. The number of hydrogen-bond donors (Lipinski definition) is 2. The summed E-state index contributed by atoms with van der Waals surface area (Å²) in [7, 11) is 4.12. The summed E-state index contributed by atoms with van der Waals surface area (Å²) >= 11 is 0. The highest BCUT2D eigenvalue weighted by Gasteiger charge is 2.49. The Labute approximate surface area is 117 Å². The lowest BCUT2D eigenvalue weighted by atomic mass is 9.67. The van der Waals surface area contributed by atoms with Gasteiger partial charge in [-0.15, -0.1) is 0 Å². The Morgan fingerprint density at radius 1 is 1.42 bits per heavy atom. The molecule has 110 valence electrons. The van der Waals surface area contributed by atoms with Crippen LogP contribution in [-0.4, -0.2) is 50.1 Å². The zero-order valence-corrected chi connectivity index (χ0v) is 12.9. The largest absolute Gasteiger partial charge is 0.354 e. The molecule has 0 aromatic carbocycles. The molecule has 1 saturated heterocycles. The number of hydrogen-bond acceptors (Lipinski definition) is 3. The van der Waals surface area contributed by atoms with Gasteiger partial charge in [-0.05, 0) is 53.2 Å². The Kier molecular flexibility index (Phi) is 4.21. The third-order valence-corrected chi connectivity index (χ3v) is 5.38. The molecule has 0 aromatic heterocycles. The Morgan fingerprint density at radius 2 is 2.16 bits per heavy atom. The smallest absolute Gasteiger partial charge is 0.227 e. The molecule has 4 heteroatoms. The van der Waals surface area contributed by atoms with E-state index in [0.29, 0.717) is 12.5 Å². The first kappa shape index (κ1) is 14.8. The van der Waals surface area contributed by atoms with Crippen LogP contribution in [0, 0.1) is 11.3 Å². The summed E-state index contributed by atoms with van der Waals surface area (Å²) in [5, 5.41) is 6.65. The summed E-state index contributed by atoms with van der Waals surface area (Å²) in [4.78, 5) is 14.9. The van der Waals surface area contributed by atoms with Crippen molar-refractivity contribution in [3.05, 3.63) is 0 Å². The van der Waals surface area contributed by atoms with Gasteiger partial charge in [0.1, 0.15) is 0 Å². The first-order valence-corrected chi connectivity index (χ1v) is 7.55. The van der Waals surface area contributed by atoms with E-state index in [-0.39, 0.29) is 16.9 Å². The van der Waals surface area contributed by atoms with Crippen molar-refractivity contribution in [2.45, 2.75) is 45.1 Å². The van der Waals surface area contributed by atoms with Gasteiger partial charge in [0, 0.05) is 18.6 Å². The van der Waals surface area contributed by atoms with E-state index >= 15 is 0 Å². The van der Waals surface area contributed by atoms with Gasteiger partial charge in [0.2, 0.25) is 5.91 Å². The number of fused-ring (bicyclic) bond motifs is 1. The molecule has 2 fully saturated rings. The number of nitrogens with zero attached hydrogens (tertiary/aromatic N) is 1. The summed E-state index contributed by atoms with van der Waals surface area (Å²) in [6.45, 7) is 6.93. The van der Waals surface area contributed by atoms with Crippen LogP contribution in [0.4, 0.5) is 0 Å².